The number of carbonyl (C=O) groups excluding carboxylic acids is 1. The molecule has 21 heavy (non-hydrogen) atoms. The van der Waals surface area contributed by atoms with Gasteiger partial charge in [0.25, 0.3) is 0 Å². The Morgan fingerprint density at radius 2 is 1.95 bits per heavy atom. The SMILES string of the molecule is O=C1Nc2ccccc2[C@@H]1/C=C/c1ccc2c(c1)OCO2. The summed E-state index contributed by atoms with van der Waals surface area (Å²) < 4.78 is 10.6. The molecule has 0 saturated carbocycles. The predicted molar refractivity (Wildman–Crippen MR) is 79.4 cm³/mol. The molecular formula is C17H13NO3. The molecule has 1 atom stereocenters. The van der Waals surface area contributed by atoms with Crippen LogP contribution < -0.4 is 14.8 Å². The van der Waals surface area contributed by atoms with E-state index in [4.69, 9.17) is 9.47 Å². The summed E-state index contributed by atoms with van der Waals surface area (Å²) in [5.74, 6) is 1.27. The third kappa shape index (κ3) is 2.05. The molecule has 4 heteroatoms. The van der Waals surface area contributed by atoms with Gasteiger partial charge in [0.05, 0.1) is 5.92 Å². The molecule has 0 aliphatic carbocycles. The summed E-state index contributed by atoms with van der Waals surface area (Å²) in [6.07, 6.45) is 3.85. The van der Waals surface area contributed by atoms with Crippen LogP contribution in [0.4, 0.5) is 5.69 Å². The van der Waals surface area contributed by atoms with Gasteiger partial charge in [0.2, 0.25) is 12.7 Å². The van der Waals surface area contributed by atoms with Crippen LogP contribution in [0.1, 0.15) is 17.0 Å². The van der Waals surface area contributed by atoms with Crippen LogP contribution in [-0.2, 0) is 4.79 Å². The molecule has 0 bridgehead atoms. The summed E-state index contributed by atoms with van der Waals surface area (Å²) in [6, 6.07) is 13.5. The maximum Gasteiger partial charge on any atom is 0.235 e. The Balaban J connectivity index is 1.62. The zero-order valence-corrected chi connectivity index (χ0v) is 11.2. The van der Waals surface area contributed by atoms with Gasteiger partial charge in [0.1, 0.15) is 0 Å². The molecule has 2 aromatic carbocycles. The van der Waals surface area contributed by atoms with Crippen LogP contribution in [0.2, 0.25) is 0 Å². The summed E-state index contributed by atoms with van der Waals surface area (Å²) in [5.41, 5.74) is 2.89. The maximum absolute atomic E-state index is 12.0. The number of hydrogen-bond donors (Lipinski definition) is 1. The zero-order valence-electron chi connectivity index (χ0n) is 11.2. The molecule has 0 fully saturated rings. The highest BCUT2D eigenvalue weighted by atomic mass is 16.7. The van der Waals surface area contributed by atoms with Gasteiger partial charge in [-0.3, -0.25) is 4.79 Å². The average Bonchev–Trinajstić information content (AvgIpc) is 3.08. The molecule has 104 valence electrons. The van der Waals surface area contributed by atoms with Crippen LogP contribution in [0.5, 0.6) is 11.5 Å². The minimum absolute atomic E-state index is 0.00759. The lowest BCUT2D eigenvalue weighted by atomic mass is 9.99. The number of nitrogens with one attached hydrogen (secondary N) is 1. The first-order chi connectivity index (χ1) is 10.3. The minimum Gasteiger partial charge on any atom is -0.454 e. The largest absolute Gasteiger partial charge is 0.454 e. The first kappa shape index (κ1) is 12.0. The van der Waals surface area contributed by atoms with Crippen LogP contribution in [0.15, 0.2) is 48.5 Å². The molecule has 1 N–H and O–H groups in total. The van der Waals surface area contributed by atoms with Gasteiger partial charge in [0.15, 0.2) is 11.5 Å². The van der Waals surface area contributed by atoms with E-state index >= 15 is 0 Å². The van der Waals surface area contributed by atoms with Gasteiger partial charge in [-0.2, -0.15) is 0 Å². The highest BCUT2D eigenvalue weighted by molar-refractivity contribution is 6.04. The van der Waals surface area contributed by atoms with Gasteiger partial charge in [-0.25, -0.2) is 0 Å². The summed E-state index contributed by atoms with van der Waals surface area (Å²) in [7, 11) is 0. The monoisotopic (exact) mass is 279 g/mol. The van der Waals surface area contributed by atoms with Crippen molar-refractivity contribution in [1.29, 1.82) is 0 Å². The number of ether oxygens (including phenoxy) is 2. The lowest BCUT2D eigenvalue weighted by Crippen LogP contribution is -2.09. The van der Waals surface area contributed by atoms with Crippen LogP contribution >= 0.6 is 0 Å². The fourth-order valence-corrected chi connectivity index (χ4v) is 2.65. The van der Waals surface area contributed by atoms with Crippen LogP contribution in [-0.4, -0.2) is 12.7 Å². The second-order valence-corrected chi connectivity index (χ2v) is 5.03. The van der Waals surface area contributed by atoms with Gasteiger partial charge in [0, 0.05) is 5.69 Å². The quantitative estimate of drug-likeness (QED) is 0.918. The van der Waals surface area contributed by atoms with E-state index in [1.54, 1.807) is 0 Å². The number of carbonyl (C=O) groups is 1. The lowest BCUT2D eigenvalue weighted by molar-refractivity contribution is -0.116. The third-order valence-corrected chi connectivity index (χ3v) is 3.71. The smallest absolute Gasteiger partial charge is 0.235 e. The van der Waals surface area contributed by atoms with Crippen molar-refractivity contribution in [3.8, 4) is 11.5 Å². The summed E-state index contributed by atoms with van der Waals surface area (Å²) in [6.45, 7) is 0.265. The van der Waals surface area contributed by atoms with Crippen molar-refractivity contribution in [3.05, 3.63) is 59.7 Å². The number of rotatable bonds is 2. The fourth-order valence-electron chi connectivity index (χ4n) is 2.65. The van der Waals surface area contributed by atoms with Gasteiger partial charge >= 0.3 is 0 Å². The van der Waals surface area contributed by atoms with Crippen LogP contribution in [0, 0.1) is 0 Å². The van der Waals surface area contributed by atoms with Gasteiger partial charge in [-0.1, -0.05) is 36.4 Å². The van der Waals surface area contributed by atoms with Crippen molar-refractivity contribution in [1.82, 2.24) is 0 Å². The van der Waals surface area contributed by atoms with E-state index in [9.17, 15) is 4.79 Å². The summed E-state index contributed by atoms with van der Waals surface area (Å²) >= 11 is 0. The number of fused-ring (bicyclic) bond motifs is 2. The van der Waals surface area contributed by atoms with E-state index in [0.29, 0.717) is 0 Å². The molecule has 1 amide bonds. The van der Waals surface area contributed by atoms with Crippen molar-refractivity contribution in [2.45, 2.75) is 5.92 Å². The predicted octanol–water partition coefficient (Wildman–Crippen LogP) is 3.16. The van der Waals surface area contributed by atoms with Gasteiger partial charge in [-0.05, 0) is 29.3 Å². The van der Waals surface area contributed by atoms with E-state index in [0.717, 1.165) is 28.3 Å². The van der Waals surface area contributed by atoms with Gasteiger partial charge in [-0.15, -0.1) is 0 Å². The Hall–Kier alpha value is -2.75. The first-order valence-electron chi connectivity index (χ1n) is 6.79. The van der Waals surface area contributed by atoms with Crippen LogP contribution in [0.3, 0.4) is 0 Å². The van der Waals surface area contributed by atoms with E-state index in [2.05, 4.69) is 5.32 Å². The Bertz CT molecular complexity index is 751. The Kier molecular flexibility index (Phi) is 2.67. The standard InChI is InChI=1S/C17H13NO3/c19-17-13(12-3-1-2-4-14(12)18-17)7-5-11-6-8-15-16(9-11)21-10-20-15/h1-9,13H,10H2,(H,18,19)/b7-5+/t13-/m0/s1. The molecule has 0 unspecified atom stereocenters. The van der Waals surface area contributed by atoms with E-state index in [1.165, 1.54) is 0 Å². The summed E-state index contributed by atoms with van der Waals surface area (Å²) in [5, 5.41) is 2.89. The molecule has 2 aliphatic heterocycles. The molecule has 4 nitrogen and oxygen atoms in total. The second kappa shape index (κ2) is 4.66. The molecule has 2 aliphatic rings. The fraction of sp³-hybridized carbons (Fsp3) is 0.118. The average molecular weight is 279 g/mol. The molecule has 2 aromatic rings. The number of anilines is 1. The Morgan fingerprint density at radius 1 is 1.10 bits per heavy atom. The molecule has 0 saturated heterocycles. The molecule has 0 radical (unpaired) electrons. The Morgan fingerprint density at radius 3 is 2.90 bits per heavy atom. The molecule has 0 aromatic heterocycles. The maximum atomic E-state index is 12.0. The summed E-state index contributed by atoms with van der Waals surface area (Å²) in [4.78, 5) is 12.0. The van der Waals surface area contributed by atoms with E-state index < -0.39 is 0 Å². The van der Waals surface area contributed by atoms with Crippen molar-refractivity contribution < 1.29 is 14.3 Å². The lowest BCUT2D eigenvalue weighted by Gasteiger charge is -2.02. The van der Waals surface area contributed by atoms with Gasteiger partial charge < -0.3 is 14.8 Å². The molecule has 4 rings (SSSR count). The highest BCUT2D eigenvalue weighted by Gasteiger charge is 2.27. The number of hydrogen-bond acceptors (Lipinski definition) is 3. The highest BCUT2D eigenvalue weighted by Crippen LogP contribution is 2.35. The molecule has 2 heterocycles. The van der Waals surface area contributed by atoms with Crippen molar-refractivity contribution in [2.24, 2.45) is 0 Å². The minimum atomic E-state index is -0.244. The number of amides is 1. The molecular weight excluding hydrogens is 266 g/mol. The van der Waals surface area contributed by atoms with Crippen molar-refractivity contribution in [3.63, 3.8) is 0 Å². The normalized spacial score (nSPS) is 18.9. The Labute approximate surface area is 122 Å². The topological polar surface area (TPSA) is 47.6 Å². The second-order valence-electron chi connectivity index (χ2n) is 5.03. The molecule has 0 spiro atoms. The van der Waals surface area contributed by atoms with Crippen molar-refractivity contribution in [2.75, 3.05) is 12.1 Å². The van der Waals surface area contributed by atoms with Crippen LogP contribution in [0.25, 0.3) is 6.08 Å². The number of para-hydroxylation sites is 1. The third-order valence-electron chi connectivity index (χ3n) is 3.71. The van der Waals surface area contributed by atoms with E-state index in [-0.39, 0.29) is 18.6 Å². The zero-order chi connectivity index (χ0) is 14.2. The number of benzene rings is 2. The first-order valence-corrected chi connectivity index (χ1v) is 6.79. The van der Waals surface area contributed by atoms with E-state index in [1.807, 2.05) is 54.6 Å². The van der Waals surface area contributed by atoms with Crippen molar-refractivity contribution >= 4 is 17.7 Å².